The van der Waals surface area contributed by atoms with Crippen LogP contribution in [0.5, 0.6) is 0 Å². The molecule has 2 fully saturated rings. The molecule has 0 saturated heterocycles. The van der Waals surface area contributed by atoms with Gasteiger partial charge in [0.1, 0.15) is 0 Å². The Morgan fingerprint density at radius 1 is 1.00 bits per heavy atom. The van der Waals surface area contributed by atoms with Gasteiger partial charge in [-0.1, -0.05) is 32.6 Å². The fourth-order valence-electron chi connectivity index (χ4n) is 3.11. The normalized spacial score (nSPS) is 42.5. The molecule has 0 radical (unpaired) electrons. The van der Waals surface area contributed by atoms with E-state index in [4.69, 9.17) is 0 Å². The fraction of sp³-hybridized carbons (Fsp3) is 1.00. The quantitative estimate of drug-likeness (QED) is 0.618. The average molecular weight is 182 g/mol. The first-order chi connectivity index (χ1) is 6.23. The molecule has 2 saturated carbocycles. The maximum Gasteiger partial charge on any atom is 0.0701 e. The standard InChI is InChI=1S/C12H22O/c1-10-8-9-12(10,13)11-6-4-2-3-5-7-11/h10-11,13H,2-9H2,1H3. The van der Waals surface area contributed by atoms with E-state index in [9.17, 15) is 5.11 Å². The van der Waals surface area contributed by atoms with Gasteiger partial charge in [-0.25, -0.2) is 0 Å². The van der Waals surface area contributed by atoms with Crippen molar-refractivity contribution in [2.45, 2.75) is 63.9 Å². The summed E-state index contributed by atoms with van der Waals surface area (Å²) in [6.07, 6.45) is 10.3. The second-order valence-electron chi connectivity index (χ2n) is 5.12. The number of hydrogen-bond donors (Lipinski definition) is 1. The third-order valence-electron chi connectivity index (χ3n) is 4.39. The van der Waals surface area contributed by atoms with Crippen molar-refractivity contribution in [2.75, 3.05) is 0 Å². The smallest absolute Gasteiger partial charge is 0.0701 e. The van der Waals surface area contributed by atoms with Crippen LogP contribution in [0.25, 0.3) is 0 Å². The van der Waals surface area contributed by atoms with Crippen LogP contribution in [0.1, 0.15) is 58.3 Å². The Kier molecular flexibility index (Phi) is 2.64. The van der Waals surface area contributed by atoms with Crippen LogP contribution in [-0.2, 0) is 0 Å². The molecule has 1 nitrogen and oxygen atoms in total. The lowest BCUT2D eigenvalue weighted by Gasteiger charge is -2.49. The lowest BCUT2D eigenvalue weighted by molar-refractivity contribution is -0.134. The van der Waals surface area contributed by atoms with Crippen molar-refractivity contribution in [3.05, 3.63) is 0 Å². The molecule has 0 aromatic rings. The summed E-state index contributed by atoms with van der Waals surface area (Å²) in [7, 11) is 0. The monoisotopic (exact) mass is 182 g/mol. The molecule has 76 valence electrons. The third kappa shape index (κ3) is 1.63. The third-order valence-corrected chi connectivity index (χ3v) is 4.39. The summed E-state index contributed by atoms with van der Waals surface area (Å²) in [6.45, 7) is 2.22. The largest absolute Gasteiger partial charge is 0.389 e. The Hall–Kier alpha value is -0.0400. The van der Waals surface area contributed by atoms with Crippen LogP contribution in [0.3, 0.4) is 0 Å². The van der Waals surface area contributed by atoms with Crippen molar-refractivity contribution in [3.8, 4) is 0 Å². The molecule has 2 aliphatic rings. The van der Waals surface area contributed by atoms with Crippen molar-refractivity contribution in [1.29, 1.82) is 0 Å². The Balaban J connectivity index is 1.97. The molecule has 1 N–H and O–H groups in total. The van der Waals surface area contributed by atoms with E-state index in [1.165, 1.54) is 44.9 Å². The van der Waals surface area contributed by atoms with E-state index in [1.807, 2.05) is 0 Å². The van der Waals surface area contributed by atoms with Crippen molar-refractivity contribution in [2.24, 2.45) is 11.8 Å². The molecule has 0 amide bonds. The van der Waals surface area contributed by atoms with Crippen LogP contribution < -0.4 is 0 Å². The van der Waals surface area contributed by atoms with Gasteiger partial charge >= 0.3 is 0 Å². The molecule has 0 aromatic carbocycles. The maximum atomic E-state index is 10.4. The van der Waals surface area contributed by atoms with Crippen molar-refractivity contribution < 1.29 is 5.11 Å². The van der Waals surface area contributed by atoms with Gasteiger partial charge in [-0.2, -0.15) is 0 Å². The highest BCUT2D eigenvalue weighted by Gasteiger charge is 2.47. The highest BCUT2D eigenvalue weighted by Crippen LogP contribution is 2.47. The molecule has 0 aliphatic heterocycles. The first kappa shape index (κ1) is 9.51. The molecule has 2 unspecified atom stereocenters. The van der Waals surface area contributed by atoms with E-state index in [0.717, 1.165) is 6.42 Å². The van der Waals surface area contributed by atoms with E-state index in [1.54, 1.807) is 0 Å². The minimum Gasteiger partial charge on any atom is -0.389 e. The molecule has 13 heavy (non-hydrogen) atoms. The number of aliphatic hydroxyl groups is 1. The summed E-state index contributed by atoms with van der Waals surface area (Å²) in [4.78, 5) is 0. The minimum atomic E-state index is -0.260. The van der Waals surface area contributed by atoms with Crippen LogP contribution in [-0.4, -0.2) is 10.7 Å². The summed E-state index contributed by atoms with van der Waals surface area (Å²) in [6, 6.07) is 0. The zero-order valence-corrected chi connectivity index (χ0v) is 8.76. The fourth-order valence-corrected chi connectivity index (χ4v) is 3.11. The van der Waals surface area contributed by atoms with Crippen molar-refractivity contribution in [3.63, 3.8) is 0 Å². The Morgan fingerprint density at radius 2 is 1.62 bits per heavy atom. The van der Waals surface area contributed by atoms with Gasteiger partial charge in [-0.05, 0) is 37.5 Å². The first-order valence-corrected chi connectivity index (χ1v) is 5.96. The molecule has 0 bridgehead atoms. The van der Waals surface area contributed by atoms with E-state index in [-0.39, 0.29) is 5.60 Å². The van der Waals surface area contributed by atoms with Gasteiger partial charge in [-0.3, -0.25) is 0 Å². The molecular formula is C12H22O. The van der Waals surface area contributed by atoms with Crippen LogP contribution in [0.2, 0.25) is 0 Å². The van der Waals surface area contributed by atoms with Crippen molar-refractivity contribution in [1.82, 2.24) is 0 Å². The van der Waals surface area contributed by atoms with Gasteiger partial charge in [-0.15, -0.1) is 0 Å². The molecule has 0 aromatic heterocycles. The second-order valence-corrected chi connectivity index (χ2v) is 5.12. The summed E-state index contributed by atoms with van der Waals surface area (Å²) in [5.74, 6) is 1.19. The Bertz CT molecular complexity index is 170. The van der Waals surface area contributed by atoms with Crippen LogP contribution in [0.15, 0.2) is 0 Å². The number of rotatable bonds is 1. The van der Waals surface area contributed by atoms with Gasteiger partial charge in [0, 0.05) is 0 Å². The van der Waals surface area contributed by atoms with Crippen molar-refractivity contribution >= 4 is 0 Å². The minimum absolute atomic E-state index is 0.260. The highest BCUT2D eigenvalue weighted by atomic mass is 16.3. The van der Waals surface area contributed by atoms with Crippen LogP contribution in [0.4, 0.5) is 0 Å². The molecule has 2 aliphatic carbocycles. The van der Waals surface area contributed by atoms with E-state index in [0.29, 0.717) is 11.8 Å². The van der Waals surface area contributed by atoms with Crippen LogP contribution in [0, 0.1) is 11.8 Å². The van der Waals surface area contributed by atoms with E-state index >= 15 is 0 Å². The maximum absolute atomic E-state index is 10.4. The topological polar surface area (TPSA) is 20.2 Å². The molecule has 2 atom stereocenters. The van der Waals surface area contributed by atoms with Gasteiger partial charge in [0.15, 0.2) is 0 Å². The van der Waals surface area contributed by atoms with Gasteiger partial charge in [0.2, 0.25) is 0 Å². The Morgan fingerprint density at radius 3 is 2.00 bits per heavy atom. The average Bonchev–Trinajstić information content (AvgIpc) is 2.42. The summed E-state index contributed by atoms with van der Waals surface area (Å²) in [5, 5.41) is 10.4. The lowest BCUT2D eigenvalue weighted by atomic mass is 9.62. The summed E-state index contributed by atoms with van der Waals surface area (Å²) in [5.41, 5.74) is -0.260. The molecule has 0 heterocycles. The lowest BCUT2D eigenvalue weighted by Crippen LogP contribution is -2.51. The predicted molar refractivity (Wildman–Crippen MR) is 54.5 cm³/mol. The SMILES string of the molecule is CC1CCC1(O)C1CCCCCC1. The van der Waals surface area contributed by atoms with Gasteiger partial charge in [0.25, 0.3) is 0 Å². The highest BCUT2D eigenvalue weighted by molar-refractivity contribution is 4.99. The first-order valence-electron chi connectivity index (χ1n) is 5.96. The van der Waals surface area contributed by atoms with Crippen LogP contribution >= 0.6 is 0 Å². The Labute approximate surface area is 81.5 Å². The predicted octanol–water partition coefficient (Wildman–Crippen LogP) is 3.12. The molecular weight excluding hydrogens is 160 g/mol. The van der Waals surface area contributed by atoms with Gasteiger partial charge < -0.3 is 5.11 Å². The van der Waals surface area contributed by atoms with Gasteiger partial charge in [0.05, 0.1) is 5.60 Å². The summed E-state index contributed by atoms with van der Waals surface area (Å²) >= 11 is 0. The zero-order chi connectivity index (χ0) is 9.31. The molecule has 2 rings (SSSR count). The zero-order valence-electron chi connectivity index (χ0n) is 8.76. The summed E-state index contributed by atoms with van der Waals surface area (Å²) < 4.78 is 0. The van der Waals surface area contributed by atoms with E-state index < -0.39 is 0 Å². The van der Waals surface area contributed by atoms with E-state index in [2.05, 4.69) is 6.92 Å². The molecule has 0 spiro atoms. The molecule has 1 heteroatoms. The number of hydrogen-bond acceptors (Lipinski definition) is 1. The second kappa shape index (κ2) is 3.61.